The molecule has 0 aliphatic carbocycles. The van der Waals surface area contributed by atoms with Gasteiger partial charge in [0.25, 0.3) is 5.91 Å². The van der Waals surface area contributed by atoms with Crippen molar-refractivity contribution in [1.82, 2.24) is 15.2 Å². The molecule has 4 atom stereocenters. The van der Waals surface area contributed by atoms with E-state index < -0.39 is 28.8 Å². The van der Waals surface area contributed by atoms with Gasteiger partial charge in [-0.1, -0.05) is 48.5 Å². The average molecular weight is 588 g/mol. The van der Waals surface area contributed by atoms with E-state index in [1.807, 2.05) is 21.0 Å². The van der Waals surface area contributed by atoms with Crippen LogP contribution in [0.25, 0.3) is 0 Å². The van der Waals surface area contributed by atoms with Gasteiger partial charge in [0.05, 0.1) is 25.4 Å². The first-order valence-electron chi connectivity index (χ1n) is 14.9. The van der Waals surface area contributed by atoms with Gasteiger partial charge in [-0.05, 0) is 56.8 Å². The summed E-state index contributed by atoms with van der Waals surface area (Å²) in [6, 6.07) is 5.65. The van der Waals surface area contributed by atoms with Crippen LogP contribution >= 0.6 is 0 Å². The highest BCUT2D eigenvalue weighted by Gasteiger charge is 2.46. The van der Waals surface area contributed by atoms with Crippen LogP contribution in [-0.4, -0.2) is 90.1 Å². The van der Waals surface area contributed by atoms with Gasteiger partial charge in [0, 0.05) is 19.6 Å². The molecular weight excluding hydrogens is 530 g/mol. The zero-order valence-corrected chi connectivity index (χ0v) is 28.3. The molecule has 0 aromatic carbocycles. The lowest BCUT2D eigenvalue weighted by Gasteiger charge is -2.44. The number of likely N-dealkylation sites (N-methyl/N-ethyl adjacent to an activating group) is 1. The van der Waals surface area contributed by atoms with Crippen LogP contribution in [0.5, 0.6) is 0 Å². The second-order valence-electron chi connectivity index (χ2n) is 10.9. The molecule has 1 heterocycles. The summed E-state index contributed by atoms with van der Waals surface area (Å²) in [5, 5.41) is 12.5. The van der Waals surface area contributed by atoms with E-state index in [4.69, 9.17) is 18.0 Å². The number of carbonyl (C=O) groups excluding carboxylic acids is 1. The van der Waals surface area contributed by atoms with E-state index in [0.29, 0.717) is 31.2 Å². The van der Waals surface area contributed by atoms with Crippen LogP contribution in [0.1, 0.15) is 72.4 Å². The van der Waals surface area contributed by atoms with Gasteiger partial charge < -0.3 is 33.3 Å². The quantitative estimate of drug-likeness (QED) is 0.191. The van der Waals surface area contributed by atoms with Crippen LogP contribution in [0.15, 0.2) is 10.7 Å². The summed E-state index contributed by atoms with van der Waals surface area (Å²) in [6.45, 7) is 15.9. The third-order valence-electron chi connectivity index (χ3n) is 8.60. The highest BCUT2D eigenvalue weighted by atomic mass is 28.4. The Morgan fingerprint density at radius 2 is 1.56 bits per heavy atom. The van der Waals surface area contributed by atoms with Crippen LogP contribution in [0.3, 0.4) is 0 Å². The van der Waals surface area contributed by atoms with Gasteiger partial charge in [-0.15, -0.1) is 0 Å². The number of ether oxygens (including phenoxy) is 1. The largest absolute Gasteiger partial charge is 0.448 e. The summed E-state index contributed by atoms with van der Waals surface area (Å²) in [6.07, 6.45) is 0.955. The molecular formula is C28H57N3O6Si2. The van der Waals surface area contributed by atoms with Gasteiger partial charge in [0.2, 0.25) is 0 Å². The number of methoxy groups -OCH3 is 1. The highest BCUT2D eigenvalue weighted by molar-refractivity contribution is 6.74. The van der Waals surface area contributed by atoms with E-state index in [2.05, 4.69) is 56.7 Å². The fourth-order valence-corrected chi connectivity index (χ4v) is 10.8. The molecule has 1 aromatic heterocycles. The third kappa shape index (κ3) is 10.0. The topological polar surface area (TPSA) is 106 Å². The van der Waals surface area contributed by atoms with Crippen LogP contribution < -0.4 is 5.32 Å². The number of aliphatic hydroxyl groups excluding tert-OH is 1. The fourth-order valence-electron chi connectivity index (χ4n) is 5.14. The Morgan fingerprint density at radius 3 is 2.00 bits per heavy atom. The molecule has 0 spiro atoms. The first-order valence-corrected chi connectivity index (χ1v) is 19.9. The van der Waals surface area contributed by atoms with Crippen molar-refractivity contribution in [2.45, 2.75) is 122 Å². The number of amides is 1. The van der Waals surface area contributed by atoms with Gasteiger partial charge in [-0.3, -0.25) is 4.79 Å². The lowest BCUT2D eigenvalue weighted by Crippen LogP contribution is -2.61. The zero-order valence-electron chi connectivity index (χ0n) is 26.3. The minimum Gasteiger partial charge on any atom is -0.448 e. The predicted octanol–water partition coefficient (Wildman–Crippen LogP) is 5.13. The van der Waals surface area contributed by atoms with E-state index in [1.54, 1.807) is 7.11 Å². The van der Waals surface area contributed by atoms with Crippen molar-refractivity contribution in [3.8, 4) is 0 Å². The van der Waals surface area contributed by atoms with Crippen LogP contribution in [0, 0.1) is 0 Å². The minimum absolute atomic E-state index is 0.00393. The van der Waals surface area contributed by atoms with Crippen molar-refractivity contribution in [3.05, 3.63) is 17.8 Å². The molecule has 1 amide bonds. The average Bonchev–Trinajstić information content (AvgIpc) is 3.44. The summed E-state index contributed by atoms with van der Waals surface area (Å²) in [7, 11) is 1.48. The van der Waals surface area contributed by atoms with Gasteiger partial charge in [-0.2, -0.15) is 0 Å². The minimum atomic E-state index is -2.16. The molecule has 2 N–H and O–H groups in total. The standard InChI is InChI=1S/C28H57N3O6Si2/c1-11-38(12-2,13-3)36-25(24(21-34-10)31(8)9)26(37-39(14-4,15-5)16-6)27(33)29-18-17-22(7)28-30-23(19-32)20-35-28/h20,22,24-26,32H,11-19,21H2,1-10H3,(H,29,33)/t22-,24-,25-,26-/m1/s1. The lowest BCUT2D eigenvalue weighted by atomic mass is 10.0. The zero-order chi connectivity index (χ0) is 29.6. The van der Waals surface area contributed by atoms with E-state index in [9.17, 15) is 9.90 Å². The van der Waals surface area contributed by atoms with Crippen molar-refractivity contribution in [3.63, 3.8) is 0 Å². The Hall–Kier alpha value is -1.09. The second-order valence-corrected chi connectivity index (χ2v) is 20.4. The summed E-state index contributed by atoms with van der Waals surface area (Å²) in [4.78, 5) is 20.5. The maximum absolute atomic E-state index is 14.1. The molecule has 0 aliphatic heterocycles. The SMILES string of the molecule is CC[Si](CC)(CC)O[C@H]([C@@H](COC)N(C)C)[C@@H](O[Si](CC)(CC)CC)C(=O)NCC[C@@H](C)c1nc(CO)co1. The normalized spacial score (nSPS) is 15.8. The van der Waals surface area contributed by atoms with Crippen LogP contribution in [0.2, 0.25) is 36.3 Å². The van der Waals surface area contributed by atoms with Crippen molar-refractivity contribution in [2.24, 2.45) is 0 Å². The van der Waals surface area contributed by atoms with E-state index >= 15 is 0 Å². The number of carbonyl (C=O) groups is 1. The van der Waals surface area contributed by atoms with Crippen LogP contribution in [-0.2, 0) is 25.0 Å². The molecule has 0 unspecified atom stereocenters. The van der Waals surface area contributed by atoms with Gasteiger partial charge in [0.15, 0.2) is 28.6 Å². The Kier molecular flexibility index (Phi) is 16.3. The molecule has 0 saturated heterocycles. The number of hydrogen-bond acceptors (Lipinski definition) is 8. The molecule has 1 rings (SSSR count). The van der Waals surface area contributed by atoms with Gasteiger partial charge in [-0.25, -0.2) is 4.98 Å². The summed E-state index contributed by atoms with van der Waals surface area (Å²) in [5.74, 6) is 0.432. The third-order valence-corrected chi connectivity index (χ3v) is 17.9. The molecule has 228 valence electrons. The second kappa shape index (κ2) is 17.7. The maximum Gasteiger partial charge on any atom is 0.250 e. The Balaban J connectivity index is 3.37. The number of aliphatic hydroxyl groups is 1. The lowest BCUT2D eigenvalue weighted by molar-refractivity contribution is -0.136. The van der Waals surface area contributed by atoms with Crippen LogP contribution in [0.4, 0.5) is 0 Å². The molecule has 0 fully saturated rings. The summed E-state index contributed by atoms with van der Waals surface area (Å²) >= 11 is 0. The molecule has 0 saturated carbocycles. The number of rotatable bonds is 21. The van der Waals surface area contributed by atoms with Crippen molar-refractivity contribution in [2.75, 3.05) is 34.4 Å². The van der Waals surface area contributed by atoms with E-state index in [0.717, 1.165) is 36.3 Å². The smallest absolute Gasteiger partial charge is 0.250 e. The number of nitrogens with one attached hydrogen (secondary N) is 1. The Morgan fingerprint density at radius 1 is 1.03 bits per heavy atom. The molecule has 0 bridgehead atoms. The Labute approximate surface area is 239 Å². The molecule has 9 nitrogen and oxygen atoms in total. The molecule has 1 aromatic rings. The monoisotopic (exact) mass is 587 g/mol. The van der Waals surface area contributed by atoms with E-state index in [-0.39, 0.29) is 24.5 Å². The number of oxazole rings is 1. The maximum atomic E-state index is 14.1. The van der Waals surface area contributed by atoms with E-state index in [1.165, 1.54) is 6.26 Å². The van der Waals surface area contributed by atoms with Crippen molar-refractivity contribution < 1.29 is 27.9 Å². The summed E-state index contributed by atoms with van der Waals surface area (Å²) in [5.41, 5.74) is 0.512. The molecule has 39 heavy (non-hydrogen) atoms. The molecule has 11 heteroatoms. The first-order chi connectivity index (χ1) is 18.5. The van der Waals surface area contributed by atoms with Crippen molar-refractivity contribution >= 4 is 22.5 Å². The van der Waals surface area contributed by atoms with Crippen molar-refractivity contribution in [1.29, 1.82) is 0 Å². The predicted molar refractivity (Wildman–Crippen MR) is 162 cm³/mol. The highest BCUT2D eigenvalue weighted by Crippen LogP contribution is 2.31. The number of aromatic nitrogens is 1. The number of nitrogens with zero attached hydrogens (tertiary/aromatic N) is 2. The summed E-state index contributed by atoms with van der Waals surface area (Å²) < 4.78 is 25.3. The molecule has 0 aliphatic rings. The fraction of sp³-hybridized carbons (Fsp3) is 0.857. The Bertz CT molecular complexity index is 800. The van der Waals surface area contributed by atoms with Gasteiger partial charge >= 0.3 is 0 Å². The number of hydrogen-bond donors (Lipinski definition) is 2. The molecule has 0 radical (unpaired) electrons. The van der Waals surface area contributed by atoms with Gasteiger partial charge in [0.1, 0.15) is 12.0 Å². The first kappa shape index (κ1) is 35.9.